The van der Waals surface area contributed by atoms with E-state index >= 15 is 0 Å². The standard InChI is InChI=1S/C28H27N5O3/c1-15-12-21(16(2)29-23-9-7-6-8-19(23)28(35)36)25-22(13-15)27(34)32(4)26(30-25)18-10-11-24-20(14-18)17(3)31-33(24)5/h6-14,16,29H,1-5H3,(H,35,36)/t16-/m0/s1. The van der Waals surface area contributed by atoms with Crippen LogP contribution in [0.5, 0.6) is 0 Å². The molecule has 8 heteroatoms. The molecule has 0 saturated heterocycles. The van der Waals surface area contributed by atoms with E-state index in [1.54, 1.807) is 35.9 Å². The normalized spacial score (nSPS) is 12.2. The summed E-state index contributed by atoms with van der Waals surface area (Å²) < 4.78 is 3.42. The Hall–Kier alpha value is -4.46. The highest BCUT2D eigenvalue weighted by molar-refractivity contribution is 5.94. The van der Waals surface area contributed by atoms with E-state index in [2.05, 4.69) is 10.4 Å². The van der Waals surface area contributed by atoms with E-state index in [0.29, 0.717) is 22.4 Å². The number of rotatable bonds is 5. The average Bonchev–Trinajstić information content (AvgIpc) is 3.14. The van der Waals surface area contributed by atoms with Crippen LogP contribution in [0.2, 0.25) is 0 Å². The van der Waals surface area contributed by atoms with Gasteiger partial charge >= 0.3 is 5.97 Å². The number of hydrogen-bond donors (Lipinski definition) is 2. The molecule has 0 amide bonds. The van der Waals surface area contributed by atoms with Crippen molar-refractivity contribution in [3.05, 3.63) is 87.3 Å². The number of hydrogen-bond acceptors (Lipinski definition) is 5. The summed E-state index contributed by atoms with van der Waals surface area (Å²) in [5.74, 6) is -0.448. The van der Waals surface area contributed by atoms with Gasteiger partial charge in [0.15, 0.2) is 0 Å². The van der Waals surface area contributed by atoms with Crippen LogP contribution in [-0.4, -0.2) is 30.4 Å². The average molecular weight is 482 g/mol. The van der Waals surface area contributed by atoms with Gasteiger partial charge in [0.25, 0.3) is 5.56 Å². The Kier molecular flexibility index (Phi) is 5.59. The smallest absolute Gasteiger partial charge is 0.337 e. The molecule has 0 radical (unpaired) electrons. The summed E-state index contributed by atoms with van der Waals surface area (Å²) in [6, 6.07) is 16.3. The van der Waals surface area contributed by atoms with Gasteiger partial charge in [0, 0.05) is 36.3 Å². The predicted molar refractivity (Wildman–Crippen MR) is 142 cm³/mol. The van der Waals surface area contributed by atoms with Crippen molar-refractivity contribution >= 4 is 33.5 Å². The zero-order valence-electron chi connectivity index (χ0n) is 20.8. The van der Waals surface area contributed by atoms with E-state index in [0.717, 1.165) is 33.3 Å². The third-order valence-electron chi connectivity index (χ3n) is 6.64. The highest BCUT2D eigenvalue weighted by atomic mass is 16.4. The lowest BCUT2D eigenvalue weighted by molar-refractivity contribution is 0.0698. The SMILES string of the molecule is Cc1cc([C@H](C)Nc2ccccc2C(=O)O)c2nc(-c3ccc4c(c3)c(C)nn4C)n(C)c(=O)c2c1. The fraction of sp³-hybridized carbons (Fsp3) is 0.214. The fourth-order valence-electron chi connectivity index (χ4n) is 4.83. The van der Waals surface area contributed by atoms with Gasteiger partial charge in [0.1, 0.15) is 5.82 Å². The molecule has 0 fully saturated rings. The molecule has 2 heterocycles. The van der Waals surface area contributed by atoms with Gasteiger partial charge in [-0.1, -0.05) is 18.2 Å². The Balaban J connectivity index is 1.69. The monoisotopic (exact) mass is 481 g/mol. The number of aryl methyl sites for hydroxylation is 3. The number of nitrogens with zero attached hydrogens (tertiary/aromatic N) is 4. The van der Waals surface area contributed by atoms with Crippen LogP contribution in [-0.2, 0) is 14.1 Å². The topological polar surface area (TPSA) is 102 Å². The second-order valence-electron chi connectivity index (χ2n) is 9.21. The number of fused-ring (bicyclic) bond motifs is 2. The Labute approximate surface area is 207 Å². The Morgan fingerprint density at radius 3 is 2.53 bits per heavy atom. The molecule has 0 spiro atoms. The van der Waals surface area contributed by atoms with Crippen molar-refractivity contribution in [3.63, 3.8) is 0 Å². The zero-order valence-corrected chi connectivity index (χ0v) is 20.8. The lowest BCUT2D eigenvalue weighted by Crippen LogP contribution is -2.22. The van der Waals surface area contributed by atoms with Crippen LogP contribution in [0.4, 0.5) is 5.69 Å². The third-order valence-corrected chi connectivity index (χ3v) is 6.64. The fourth-order valence-corrected chi connectivity index (χ4v) is 4.83. The molecule has 0 aliphatic rings. The minimum absolute atomic E-state index is 0.138. The molecule has 1 atom stereocenters. The van der Waals surface area contributed by atoms with Crippen LogP contribution in [0.15, 0.2) is 59.4 Å². The van der Waals surface area contributed by atoms with Crippen molar-refractivity contribution < 1.29 is 9.90 Å². The third kappa shape index (κ3) is 3.80. The van der Waals surface area contributed by atoms with Gasteiger partial charge in [-0.3, -0.25) is 14.0 Å². The van der Waals surface area contributed by atoms with Crippen LogP contribution in [0.1, 0.15) is 40.1 Å². The summed E-state index contributed by atoms with van der Waals surface area (Å²) in [4.78, 5) is 30.2. The Morgan fingerprint density at radius 1 is 1.03 bits per heavy atom. The number of para-hydroxylation sites is 1. The van der Waals surface area contributed by atoms with Gasteiger partial charge in [-0.15, -0.1) is 0 Å². The van der Waals surface area contributed by atoms with Crippen LogP contribution < -0.4 is 10.9 Å². The molecule has 8 nitrogen and oxygen atoms in total. The molecule has 2 N–H and O–H groups in total. The summed E-state index contributed by atoms with van der Waals surface area (Å²) in [5, 5.41) is 18.9. The van der Waals surface area contributed by atoms with Gasteiger partial charge in [-0.2, -0.15) is 5.10 Å². The molecule has 0 saturated carbocycles. The molecule has 0 bridgehead atoms. The maximum atomic E-state index is 13.5. The zero-order chi connectivity index (χ0) is 25.7. The quantitative estimate of drug-likeness (QED) is 0.367. The van der Waals surface area contributed by atoms with Gasteiger partial charge in [-0.25, -0.2) is 9.78 Å². The summed E-state index contributed by atoms with van der Waals surface area (Å²) in [6.07, 6.45) is 0. The Bertz CT molecular complexity index is 1730. The lowest BCUT2D eigenvalue weighted by atomic mass is 10.00. The van der Waals surface area contributed by atoms with Crippen molar-refractivity contribution in [2.24, 2.45) is 14.1 Å². The van der Waals surface area contributed by atoms with Gasteiger partial charge in [0.05, 0.1) is 33.7 Å². The number of carbonyl (C=O) groups is 1. The molecule has 36 heavy (non-hydrogen) atoms. The summed E-state index contributed by atoms with van der Waals surface area (Å²) >= 11 is 0. The van der Waals surface area contributed by atoms with E-state index in [4.69, 9.17) is 4.98 Å². The summed E-state index contributed by atoms with van der Waals surface area (Å²) in [7, 11) is 3.64. The molecule has 2 aromatic heterocycles. The number of aromatic carboxylic acids is 1. The molecule has 0 aliphatic heterocycles. The van der Waals surface area contributed by atoms with Crippen molar-refractivity contribution in [1.29, 1.82) is 0 Å². The first-order chi connectivity index (χ1) is 17.2. The maximum Gasteiger partial charge on any atom is 0.337 e. The number of carboxylic acid groups (broad SMARTS) is 1. The first-order valence-corrected chi connectivity index (χ1v) is 11.7. The second kappa shape index (κ2) is 8.64. The minimum Gasteiger partial charge on any atom is -0.478 e. The first-order valence-electron chi connectivity index (χ1n) is 11.7. The van der Waals surface area contributed by atoms with E-state index in [1.807, 2.05) is 62.8 Å². The van der Waals surface area contributed by atoms with Crippen molar-refractivity contribution in [1.82, 2.24) is 19.3 Å². The van der Waals surface area contributed by atoms with Crippen molar-refractivity contribution in [3.8, 4) is 11.4 Å². The molecular weight excluding hydrogens is 454 g/mol. The Morgan fingerprint density at radius 2 is 1.78 bits per heavy atom. The molecule has 5 rings (SSSR count). The number of carboxylic acids is 1. The van der Waals surface area contributed by atoms with Gasteiger partial charge in [-0.05, 0) is 62.7 Å². The predicted octanol–water partition coefficient (Wildman–Crippen LogP) is 4.98. The number of nitrogens with one attached hydrogen (secondary N) is 1. The van der Waals surface area contributed by atoms with Gasteiger partial charge < -0.3 is 10.4 Å². The number of benzene rings is 3. The van der Waals surface area contributed by atoms with Gasteiger partial charge in [0.2, 0.25) is 0 Å². The maximum absolute atomic E-state index is 13.5. The molecular formula is C28H27N5O3. The highest BCUT2D eigenvalue weighted by Crippen LogP contribution is 2.30. The van der Waals surface area contributed by atoms with Crippen LogP contribution in [0.3, 0.4) is 0 Å². The van der Waals surface area contributed by atoms with E-state index in [9.17, 15) is 14.7 Å². The minimum atomic E-state index is -1.00. The largest absolute Gasteiger partial charge is 0.478 e. The van der Waals surface area contributed by atoms with Crippen LogP contribution in [0.25, 0.3) is 33.2 Å². The number of aromatic nitrogens is 4. The highest BCUT2D eigenvalue weighted by Gasteiger charge is 2.19. The molecule has 5 aromatic rings. The van der Waals surface area contributed by atoms with E-state index < -0.39 is 5.97 Å². The lowest BCUT2D eigenvalue weighted by Gasteiger charge is -2.20. The molecule has 0 unspecified atom stereocenters. The molecule has 3 aromatic carbocycles. The van der Waals surface area contributed by atoms with Crippen LogP contribution >= 0.6 is 0 Å². The second-order valence-corrected chi connectivity index (χ2v) is 9.21. The van der Waals surface area contributed by atoms with E-state index in [1.165, 1.54) is 0 Å². The molecule has 182 valence electrons. The van der Waals surface area contributed by atoms with Crippen molar-refractivity contribution in [2.75, 3.05) is 5.32 Å². The summed E-state index contributed by atoms with van der Waals surface area (Å²) in [6.45, 7) is 5.84. The number of anilines is 1. The first kappa shape index (κ1) is 23.3. The molecule has 0 aliphatic carbocycles. The van der Waals surface area contributed by atoms with Crippen LogP contribution in [0, 0.1) is 13.8 Å². The van der Waals surface area contributed by atoms with E-state index in [-0.39, 0.29) is 17.2 Å². The van der Waals surface area contributed by atoms with Crippen molar-refractivity contribution in [2.45, 2.75) is 26.8 Å². The summed E-state index contributed by atoms with van der Waals surface area (Å²) in [5.41, 5.74) is 5.64.